The summed E-state index contributed by atoms with van der Waals surface area (Å²) < 4.78 is 10.4. The van der Waals surface area contributed by atoms with Gasteiger partial charge in [-0.15, -0.1) is 11.3 Å². The minimum Gasteiger partial charge on any atom is -0.497 e. The first-order chi connectivity index (χ1) is 11.7. The van der Waals surface area contributed by atoms with Gasteiger partial charge in [-0.3, -0.25) is 4.79 Å². The number of rotatable bonds is 6. The number of carbonyl (C=O) groups excluding carboxylic acids is 1. The van der Waals surface area contributed by atoms with Gasteiger partial charge in [0.05, 0.1) is 25.7 Å². The fourth-order valence-corrected chi connectivity index (χ4v) is 3.69. The van der Waals surface area contributed by atoms with Crippen molar-refractivity contribution in [2.24, 2.45) is 0 Å². The van der Waals surface area contributed by atoms with Gasteiger partial charge >= 0.3 is 0 Å². The van der Waals surface area contributed by atoms with Crippen LogP contribution in [-0.2, 0) is 4.79 Å². The van der Waals surface area contributed by atoms with Crippen LogP contribution in [0, 0.1) is 0 Å². The Morgan fingerprint density at radius 2 is 2.12 bits per heavy atom. The van der Waals surface area contributed by atoms with E-state index in [1.807, 2.05) is 11.4 Å². The number of hydrogen-bond donors (Lipinski definition) is 1. The maximum absolute atomic E-state index is 12.3. The summed E-state index contributed by atoms with van der Waals surface area (Å²) in [7, 11) is 3.13. The van der Waals surface area contributed by atoms with Crippen molar-refractivity contribution in [3.8, 4) is 11.5 Å². The number of benzene rings is 1. The molecule has 0 saturated carbocycles. The molecule has 0 atom stereocenters. The number of fused-ring (bicyclic) bond motifs is 1. The van der Waals surface area contributed by atoms with E-state index in [0.717, 1.165) is 15.2 Å². The van der Waals surface area contributed by atoms with Gasteiger partial charge in [-0.05, 0) is 23.6 Å². The molecule has 1 aromatic carbocycles. The van der Waals surface area contributed by atoms with Crippen LogP contribution in [0.1, 0.15) is 0 Å². The van der Waals surface area contributed by atoms with E-state index in [9.17, 15) is 4.79 Å². The molecule has 3 rings (SSSR count). The predicted molar refractivity (Wildman–Crippen MR) is 96.3 cm³/mol. The number of nitrogens with zero attached hydrogens (tertiary/aromatic N) is 2. The summed E-state index contributed by atoms with van der Waals surface area (Å²) in [5.74, 6) is 1.32. The molecule has 0 saturated heterocycles. The largest absolute Gasteiger partial charge is 0.497 e. The first-order valence-corrected chi connectivity index (χ1v) is 8.90. The van der Waals surface area contributed by atoms with Crippen molar-refractivity contribution in [3.63, 3.8) is 0 Å². The van der Waals surface area contributed by atoms with Crippen LogP contribution in [0.3, 0.4) is 0 Å². The smallest absolute Gasteiger partial charge is 0.234 e. The Labute approximate surface area is 147 Å². The number of hydrogen-bond acceptors (Lipinski definition) is 7. The molecule has 0 radical (unpaired) electrons. The highest BCUT2D eigenvalue weighted by Crippen LogP contribution is 2.30. The van der Waals surface area contributed by atoms with Crippen molar-refractivity contribution in [2.75, 3.05) is 25.3 Å². The topological polar surface area (TPSA) is 73.3 Å². The molecule has 124 valence electrons. The van der Waals surface area contributed by atoms with Crippen molar-refractivity contribution in [3.05, 3.63) is 36.0 Å². The number of anilines is 1. The van der Waals surface area contributed by atoms with E-state index in [4.69, 9.17) is 9.47 Å². The molecule has 6 nitrogen and oxygen atoms in total. The maximum Gasteiger partial charge on any atom is 0.234 e. The molecule has 0 aliphatic carbocycles. The predicted octanol–water partition coefficient (Wildman–Crippen LogP) is 3.44. The second-order valence-corrected chi connectivity index (χ2v) is 6.58. The third kappa shape index (κ3) is 3.60. The van der Waals surface area contributed by atoms with E-state index in [0.29, 0.717) is 17.2 Å². The highest BCUT2D eigenvalue weighted by molar-refractivity contribution is 8.00. The molecule has 24 heavy (non-hydrogen) atoms. The maximum atomic E-state index is 12.3. The number of amides is 1. The van der Waals surface area contributed by atoms with Crippen LogP contribution in [0.2, 0.25) is 0 Å². The monoisotopic (exact) mass is 361 g/mol. The molecular formula is C16H15N3O3S2. The van der Waals surface area contributed by atoms with Crippen molar-refractivity contribution >= 4 is 44.9 Å². The van der Waals surface area contributed by atoms with Gasteiger partial charge in [-0.1, -0.05) is 11.8 Å². The zero-order valence-electron chi connectivity index (χ0n) is 13.1. The molecule has 3 aromatic rings. The summed E-state index contributed by atoms with van der Waals surface area (Å²) in [6, 6.07) is 7.22. The first-order valence-electron chi connectivity index (χ1n) is 7.04. The van der Waals surface area contributed by atoms with E-state index in [1.54, 1.807) is 43.8 Å². The molecule has 0 spiro atoms. The molecule has 0 unspecified atom stereocenters. The first kappa shape index (κ1) is 16.5. The van der Waals surface area contributed by atoms with Crippen LogP contribution in [0.4, 0.5) is 5.69 Å². The van der Waals surface area contributed by atoms with Crippen LogP contribution >= 0.6 is 23.1 Å². The van der Waals surface area contributed by atoms with Gasteiger partial charge in [0.1, 0.15) is 27.7 Å². The number of carbonyl (C=O) groups is 1. The van der Waals surface area contributed by atoms with E-state index >= 15 is 0 Å². The molecule has 0 aliphatic heterocycles. The Kier molecular flexibility index (Phi) is 5.17. The summed E-state index contributed by atoms with van der Waals surface area (Å²) in [5, 5.41) is 6.58. The Bertz CT molecular complexity index is 867. The van der Waals surface area contributed by atoms with Crippen LogP contribution < -0.4 is 14.8 Å². The van der Waals surface area contributed by atoms with Gasteiger partial charge < -0.3 is 14.8 Å². The number of ether oxygens (including phenoxy) is 2. The lowest BCUT2D eigenvalue weighted by atomic mass is 10.2. The van der Waals surface area contributed by atoms with Gasteiger partial charge in [-0.2, -0.15) is 0 Å². The molecule has 2 heterocycles. The molecule has 0 bridgehead atoms. The van der Waals surface area contributed by atoms with Gasteiger partial charge in [-0.25, -0.2) is 9.97 Å². The van der Waals surface area contributed by atoms with Crippen molar-refractivity contribution in [1.82, 2.24) is 9.97 Å². The second-order valence-electron chi connectivity index (χ2n) is 4.72. The lowest BCUT2D eigenvalue weighted by Gasteiger charge is -2.11. The van der Waals surface area contributed by atoms with Gasteiger partial charge in [0.2, 0.25) is 5.91 Å². The Balaban J connectivity index is 1.69. The number of nitrogens with one attached hydrogen (secondary N) is 1. The quantitative estimate of drug-likeness (QED) is 0.536. The number of thioether (sulfide) groups is 1. The summed E-state index contributed by atoms with van der Waals surface area (Å²) >= 11 is 2.93. The van der Waals surface area contributed by atoms with E-state index in [-0.39, 0.29) is 11.7 Å². The van der Waals surface area contributed by atoms with Crippen molar-refractivity contribution in [1.29, 1.82) is 0 Å². The van der Waals surface area contributed by atoms with Gasteiger partial charge in [0, 0.05) is 11.5 Å². The number of aromatic nitrogens is 2. The lowest BCUT2D eigenvalue weighted by molar-refractivity contribution is -0.113. The highest BCUT2D eigenvalue weighted by atomic mass is 32.2. The average Bonchev–Trinajstić information content (AvgIpc) is 3.09. The van der Waals surface area contributed by atoms with Gasteiger partial charge in [0.15, 0.2) is 0 Å². The third-order valence-corrected chi connectivity index (χ3v) is 5.07. The molecule has 1 amide bonds. The molecule has 0 aliphatic rings. The van der Waals surface area contributed by atoms with Crippen LogP contribution in [0.5, 0.6) is 11.5 Å². The molecule has 1 N–H and O–H groups in total. The standard InChI is InChI=1S/C16H15N3O3S2/c1-21-10-3-4-13(22-2)12(7-10)19-14(20)8-24-16-11-5-6-23-15(11)17-9-18-16/h3-7,9H,8H2,1-2H3,(H,19,20). The van der Waals surface area contributed by atoms with Crippen LogP contribution in [0.15, 0.2) is 41.0 Å². The zero-order chi connectivity index (χ0) is 16.9. The fraction of sp³-hybridized carbons (Fsp3) is 0.188. The van der Waals surface area contributed by atoms with E-state index < -0.39 is 0 Å². The van der Waals surface area contributed by atoms with Crippen molar-refractivity contribution in [2.45, 2.75) is 5.03 Å². The Morgan fingerprint density at radius 1 is 1.25 bits per heavy atom. The molecule has 0 fully saturated rings. The average molecular weight is 361 g/mol. The summed E-state index contributed by atoms with van der Waals surface area (Å²) in [6.07, 6.45) is 1.52. The summed E-state index contributed by atoms with van der Waals surface area (Å²) in [5.41, 5.74) is 0.575. The molecule has 2 aromatic heterocycles. The fourth-order valence-electron chi connectivity index (χ4n) is 2.11. The Morgan fingerprint density at radius 3 is 2.92 bits per heavy atom. The van der Waals surface area contributed by atoms with Crippen LogP contribution in [0.25, 0.3) is 10.2 Å². The SMILES string of the molecule is COc1ccc(OC)c(NC(=O)CSc2ncnc3sccc23)c1. The zero-order valence-corrected chi connectivity index (χ0v) is 14.7. The normalized spacial score (nSPS) is 10.6. The number of methoxy groups -OCH3 is 2. The van der Waals surface area contributed by atoms with Crippen molar-refractivity contribution < 1.29 is 14.3 Å². The molecule has 8 heteroatoms. The summed E-state index contributed by atoms with van der Waals surface area (Å²) in [6.45, 7) is 0. The second kappa shape index (κ2) is 7.50. The minimum absolute atomic E-state index is 0.145. The highest BCUT2D eigenvalue weighted by Gasteiger charge is 2.12. The minimum atomic E-state index is -0.145. The number of thiophene rings is 1. The van der Waals surface area contributed by atoms with E-state index in [2.05, 4.69) is 15.3 Å². The van der Waals surface area contributed by atoms with Crippen LogP contribution in [-0.4, -0.2) is 35.8 Å². The molecular weight excluding hydrogens is 346 g/mol. The summed E-state index contributed by atoms with van der Waals surface area (Å²) in [4.78, 5) is 21.6. The van der Waals surface area contributed by atoms with Gasteiger partial charge in [0.25, 0.3) is 0 Å². The third-order valence-electron chi connectivity index (χ3n) is 3.25. The Hall–Kier alpha value is -2.32. The lowest BCUT2D eigenvalue weighted by Crippen LogP contribution is -2.15. The van der Waals surface area contributed by atoms with E-state index in [1.165, 1.54) is 18.1 Å².